The highest BCUT2D eigenvalue weighted by molar-refractivity contribution is 5.75. The lowest BCUT2D eigenvalue weighted by molar-refractivity contribution is -0.131. The van der Waals surface area contributed by atoms with Crippen LogP contribution in [0.5, 0.6) is 0 Å². The van der Waals surface area contributed by atoms with E-state index in [1.54, 1.807) is 11.9 Å². The number of carbonyl (C=O) groups is 1. The van der Waals surface area contributed by atoms with E-state index >= 15 is 0 Å². The first-order valence-corrected chi connectivity index (χ1v) is 6.77. The quantitative estimate of drug-likeness (QED) is 0.630. The molecule has 0 saturated carbocycles. The summed E-state index contributed by atoms with van der Waals surface area (Å²) in [6, 6.07) is 7.84. The molecule has 4 heteroatoms. The molecule has 1 amide bonds. The molecule has 0 unspecified atom stereocenters. The van der Waals surface area contributed by atoms with Crippen molar-refractivity contribution in [2.45, 2.75) is 19.9 Å². The number of amides is 1. The molecule has 0 heterocycles. The standard InChI is InChI=1S/C16H22N2O2/c1-3-20-12-10-16(19)18(2)13-15-8-6-14(7-9-15)5-4-11-17/h6-9H,3,10-13,17H2,1-2H3. The van der Waals surface area contributed by atoms with Gasteiger partial charge >= 0.3 is 0 Å². The Bertz CT molecular complexity index is 471. The third kappa shape index (κ3) is 5.87. The number of benzene rings is 1. The van der Waals surface area contributed by atoms with E-state index in [-0.39, 0.29) is 5.91 Å². The van der Waals surface area contributed by atoms with Gasteiger partial charge in [0.15, 0.2) is 0 Å². The summed E-state index contributed by atoms with van der Waals surface area (Å²) in [5, 5.41) is 0. The van der Waals surface area contributed by atoms with Crippen LogP contribution in [0.4, 0.5) is 0 Å². The lowest BCUT2D eigenvalue weighted by atomic mass is 10.1. The van der Waals surface area contributed by atoms with Gasteiger partial charge in [0.1, 0.15) is 0 Å². The van der Waals surface area contributed by atoms with Crippen molar-refractivity contribution in [3.05, 3.63) is 35.4 Å². The van der Waals surface area contributed by atoms with E-state index < -0.39 is 0 Å². The Morgan fingerprint density at radius 2 is 2.05 bits per heavy atom. The van der Waals surface area contributed by atoms with Gasteiger partial charge in [-0.25, -0.2) is 0 Å². The van der Waals surface area contributed by atoms with Crippen LogP contribution in [0.2, 0.25) is 0 Å². The van der Waals surface area contributed by atoms with Crippen LogP contribution in [0.25, 0.3) is 0 Å². The van der Waals surface area contributed by atoms with Crippen molar-refractivity contribution >= 4 is 5.91 Å². The maximum absolute atomic E-state index is 11.8. The second kappa shape index (κ2) is 9.13. The van der Waals surface area contributed by atoms with Crippen molar-refractivity contribution < 1.29 is 9.53 Å². The van der Waals surface area contributed by atoms with Crippen LogP contribution in [0.1, 0.15) is 24.5 Å². The Labute approximate surface area is 120 Å². The van der Waals surface area contributed by atoms with Crippen molar-refractivity contribution in [1.82, 2.24) is 4.90 Å². The molecule has 0 aliphatic heterocycles. The van der Waals surface area contributed by atoms with Crippen molar-refractivity contribution in [3.8, 4) is 11.8 Å². The van der Waals surface area contributed by atoms with Gasteiger partial charge in [0.2, 0.25) is 5.91 Å². The van der Waals surface area contributed by atoms with Gasteiger partial charge < -0.3 is 15.4 Å². The normalized spacial score (nSPS) is 9.75. The van der Waals surface area contributed by atoms with Crippen LogP contribution in [0.15, 0.2) is 24.3 Å². The summed E-state index contributed by atoms with van der Waals surface area (Å²) in [5.41, 5.74) is 7.34. The minimum Gasteiger partial charge on any atom is -0.381 e. The van der Waals surface area contributed by atoms with Crippen LogP contribution in [0, 0.1) is 11.8 Å². The summed E-state index contributed by atoms with van der Waals surface area (Å²) < 4.78 is 5.18. The van der Waals surface area contributed by atoms with Gasteiger partial charge in [-0.1, -0.05) is 24.0 Å². The van der Waals surface area contributed by atoms with Crippen LogP contribution in [-0.2, 0) is 16.1 Å². The van der Waals surface area contributed by atoms with Gasteiger partial charge in [0.25, 0.3) is 0 Å². The molecule has 20 heavy (non-hydrogen) atoms. The smallest absolute Gasteiger partial charge is 0.224 e. The molecule has 1 aromatic rings. The third-order valence-corrected chi connectivity index (χ3v) is 2.80. The summed E-state index contributed by atoms with van der Waals surface area (Å²) in [4.78, 5) is 13.5. The van der Waals surface area contributed by atoms with Gasteiger partial charge in [-0.15, -0.1) is 0 Å². The van der Waals surface area contributed by atoms with Crippen molar-refractivity contribution in [2.24, 2.45) is 5.73 Å². The van der Waals surface area contributed by atoms with Crippen LogP contribution >= 0.6 is 0 Å². The molecule has 2 N–H and O–H groups in total. The minimum absolute atomic E-state index is 0.0884. The lowest BCUT2D eigenvalue weighted by Crippen LogP contribution is -2.27. The Hall–Kier alpha value is -1.83. The SMILES string of the molecule is CCOCCC(=O)N(C)Cc1ccc(C#CCN)cc1. The van der Waals surface area contributed by atoms with Crippen molar-refractivity contribution in [3.63, 3.8) is 0 Å². The fourth-order valence-electron chi connectivity index (χ4n) is 1.70. The first kappa shape index (κ1) is 16.2. The van der Waals surface area contributed by atoms with Gasteiger partial charge in [0.05, 0.1) is 19.6 Å². The molecule has 0 atom stereocenters. The largest absolute Gasteiger partial charge is 0.381 e. The molecule has 0 aliphatic carbocycles. The van der Waals surface area contributed by atoms with Crippen molar-refractivity contribution in [2.75, 3.05) is 26.8 Å². The van der Waals surface area contributed by atoms with Gasteiger partial charge in [-0.05, 0) is 24.6 Å². The topological polar surface area (TPSA) is 55.6 Å². The second-order valence-electron chi connectivity index (χ2n) is 4.40. The zero-order valence-electron chi connectivity index (χ0n) is 12.2. The monoisotopic (exact) mass is 274 g/mol. The van der Waals surface area contributed by atoms with Gasteiger partial charge in [0, 0.05) is 25.8 Å². The zero-order chi connectivity index (χ0) is 14.8. The van der Waals surface area contributed by atoms with Crippen LogP contribution < -0.4 is 5.73 Å². The predicted molar refractivity (Wildman–Crippen MR) is 80.0 cm³/mol. The summed E-state index contributed by atoms with van der Waals surface area (Å²) >= 11 is 0. The molecular formula is C16H22N2O2. The molecule has 0 bridgehead atoms. The molecule has 4 nitrogen and oxygen atoms in total. The summed E-state index contributed by atoms with van der Waals surface area (Å²) in [6.07, 6.45) is 0.421. The molecule has 0 aromatic heterocycles. The van der Waals surface area contributed by atoms with Gasteiger partial charge in [-0.3, -0.25) is 4.79 Å². The molecular weight excluding hydrogens is 252 g/mol. The highest BCUT2D eigenvalue weighted by Crippen LogP contribution is 2.07. The first-order valence-electron chi connectivity index (χ1n) is 6.77. The highest BCUT2D eigenvalue weighted by Gasteiger charge is 2.08. The number of carbonyl (C=O) groups excluding carboxylic acids is 1. The average molecular weight is 274 g/mol. The molecule has 1 rings (SSSR count). The number of hydrogen-bond donors (Lipinski definition) is 1. The molecule has 0 fully saturated rings. The average Bonchev–Trinajstić information content (AvgIpc) is 2.46. The van der Waals surface area contributed by atoms with E-state index in [0.29, 0.717) is 32.7 Å². The maximum atomic E-state index is 11.8. The fourth-order valence-corrected chi connectivity index (χ4v) is 1.70. The summed E-state index contributed by atoms with van der Waals surface area (Å²) in [5.74, 6) is 5.87. The predicted octanol–water partition coefficient (Wildman–Crippen LogP) is 1.38. The number of hydrogen-bond acceptors (Lipinski definition) is 3. The lowest BCUT2D eigenvalue weighted by Gasteiger charge is -2.17. The fraction of sp³-hybridized carbons (Fsp3) is 0.438. The second-order valence-corrected chi connectivity index (χ2v) is 4.40. The zero-order valence-corrected chi connectivity index (χ0v) is 12.2. The summed E-state index contributed by atoms with van der Waals surface area (Å²) in [6.45, 7) is 3.99. The molecule has 0 radical (unpaired) electrons. The van der Waals surface area contributed by atoms with E-state index in [0.717, 1.165) is 11.1 Å². The maximum Gasteiger partial charge on any atom is 0.224 e. The molecule has 0 spiro atoms. The summed E-state index contributed by atoms with van der Waals surface area (Å²) in [7, 11) is 1.80. The number of nitrogens with zero attached hydrogens (tertiary/aromatic N) is 1. The Balaban J connectivity index is 2.49. The van der Waals surface area contributed by atoms with Crippen LogP contribution in [0.3, 0.4) is 0 Å². The minimum atomic E-state index is 0.0884. The van der Waals surface area contributed by atoms with E-state index in [2.05, 4.69) is 11.8 Å². The number of rotatable bonds is 6. The molecule has 108 valence electrons. The van der Waals surface area contributed by atoms with Gasteiger partial charge in [-0.2, -0.15) is 0 Å². The van der Waals surface area contributed by atoms with E-state index in [1.807, 2.05) is 31.2 Å². The third-order valence-electron chi connectivity index (χ3n) is 2.80. The number of ether oxygens (including phenoxy) is 1. The van der Waals surface area contributed by atoms with Crippen LogP contribution in [-0.4, -0.2) is 37.6 Å². The molecule has 1 aromatic carbocycles. The number of nitrogens with two attached hydrogens (primary N) is 1. The highest BCUT2D eigenvalue weighted by atomic mass is 16.5. The Morgan fingerprint density at radius 3 is 2.65 bits per heavy atom. The molecule has 0 aliphatic rings. The van der Waals surface area contributed by atoms with E-state index in [4.69, 9.17) is 10.5 Å². The Morgan fingerprint density at radius 1 is 1.35 bits per heavy atom. The Kier molecular flexibility index (Phi) is 7.41. The van der Waals surface area contributed by atoms with Crippen molar-refractivity contribution in [1.29, 1.82) is 0 Å². The van der Waals surface area contributed by atoms with E-state index in [9.17, 15) is 4.79 Å². The van der Waals surface area contributed by atoms with E-state index in [1.165, 1.54) is 0 Å². The molecule has 0 saturated heterocycles. The first-order chi connectivity index (χ1) is 9.67.